The zero-order valence-electron chi connectivity index (χ0n) is 12.1. The summed E-state index contributed by atoms with van der Waals surface area (Å²) in [7, 11) is 0. The topological polar surface area (TPSA) is 61.6 Å². The van der Waals surface area contributed by atoms with E-state index >= 15 is 0 Å². The van der Waals surface area contributed by atoms with Gasteiger partial charge < -0.3 is 20.9 Å². The highest BCUT2D eigenvalue weighted by Crippen LogP contribution is 2.26. The molecule has 1 aliphatic heterocycles. The zero-order valence-corrected chi connectivity index (χ0v) is 12.1. The lowest BCUT2D eigenvalue weighted by molar-refractivity contribution is -0.116. The minimum absolute atomic E-state index is 0.0212. The molecule has 1 aromatic rings. The normalized spacial score (nSPS) is 16.2. The number of hydrogen-bond acceptors (Lipinski definition) is 4. The second-order valence-electron chi connectivity index (χ2n) is 5.03. The first kappa shape index (κ1) is 14.8. The SMILES string of the molecule is CCN1CCN(c2ccccc2NC(=O)CCN)CC1. The summed E-state index contributed by atoms with van der Waals surface area (Å²) < 4.78 is 0. The molecule has 0 unspecified atom stereocenters. The standard InChI is InChI=1S/C15H24N4O/c1-2-18-9-11-19(12-10-18)14-6-4-3-5-13(14)17-15(20)7-8-16/h3-6H,2,7-12,16H2,1H3,(H,17,20). The first-order valence-corrected chi connectivity index (χ1v) is 7.31. The molecule has 1 amide bonds. The average molecular weight is 276 g/mol. The van der Waals surface area contributed by atoms with Gasteiger partial charge in [0.2, 0.25) is 5.91 Å². The van der Waals surface area contributed by atoms with Crippen LogP contribution in [0.1, 0.15) is 13.3 Å². The number of rotatable bonds is 5. The van der Waals surface area contributed by atoms with Gasteiger partial charge >= 0.3 is 0 Å². The first-order valence-electron chi connectivity index (χ1n) is 7.31. The van der Waals surface area contributed by atoms with Crippen LogP contribution in [-0.2, 0) is 4.79 Å². The summed E-state index contributed by atoms with van der Waals surface area (Å²) in [5, 5.41) is 2.96. The fourth-order valence-corrected chi connectivity index (χ4v) is 2.50. The molecule has 1 aromatic carbocycles. The van der Waals surface area contributed by atoms with Crippen LogP contribution in [0, 0.1) is 0 Å². The number of piperazine rings is 1. The number of nitrogens with two attached hydrogens (primary N) is 1. The van der Waals surface area contributed by atoms with Gasteiger partial charge in [-0.25, -0.2) is 0 Å². The van der Waals surface area contributed by atoms with Crippen LogP contribution in [0.25, 0.3) is 0 Å². The zero-order chi connectivity index (χ0) is 14.4. The number of carbonyl (C=O) groups is 1. The van der Waals surface area contributed by atoms with E-state index in [0.717, 1.165) is 44.1 Å². The van der Waals surface area contributed by atoms with Crippen LogP contribution in [0.5, 0.6) is 0 Å². The average Bonchev–Trinajstić information content (AvgIpc) is 2.48. The Hall–Kier alpha value is -1.59. The van der Waals surface area contributed by atoms with Gasteiger partial charge in [0, 0.05) is 39.1 Å². The summed E-state index contributed by atoms with van der Waals surface area (Å²) in [6.45, 7) is 7.81. The van der Waals surface area contributed by atoms with Crippen LogP contribution in [0.15, 0.2) is 24.3 Å². The van der Waals surface area contributed by atoms with Crippen LogP contribution >= 0.6 is 0 Å². The summed E-state index contributed by atoms with van der Waals surface area (Å²) in [6, 6.07) is 7.99. The number of amides is 1. The Labute approximate surface area is 120 Å². The van der Waals surface area contributed by atoms with Crippen LogP contribution in [-0.4, -0.2) is 50.1 Å². The smallest absolute Gasteiger partial charge is 0.225 e. The molecule has 0 radical (unpaired) electrons. The van der Waals surface area contributed by atoms with Gasteiger partial charge in [-0.2, -0.15) is 0 Å². The van der Waals surface area contributed by atoms with Gasteiger partial charge in [-0.15, -0.1) is 0 Å². The number of nitrogens with zero attached hydrogens (tertiary/aromatic N) is 2. The molecule has 2 rings (SSSR count). The van der Waals surface area contributed by atoms with E-state index in [-0.39, 0.29) is 5.91 Å². The molecule has 1 fully saturated rings. The Morgan fingerprint density at radius 2 is 1.95 bits per heavy atom. The second kappa shape index (κ2) is 7.26. The van der Waals surface area contributed by atoms with Gasteiger partial charge in [0.05, 0.1) is 11.4 Å². The van der Waals surface area contributed by atoms with E-state index in [2.05, 4.69) is 28.1 Å². The number of benzene rings is 1. The number of para-hydroxylation sites is 2. The fourth-order valence-electron chi connectivity index (χ4n) is 2.50. The molecule has 0 aromatic heterocycles. The Kier molecular flexibility index (Phi) is 5.38. The number of hydrogen-bond donors (Lipinski definition) is 2. The van der Waals surface area contributed by atoms with Crippen molar-refractivity contribution in [1.82, 2.24) is 4.90 Å². The van der Waals surface area contributed by atoms with Crippen molar-refractivity contribution in [3.63, 3.8) is 0 Å². The number of anilines is 2. The van der Waals surface area contributed by atoms with Crippen LogP contribution < -0.4 is 16.0 Å². The third kappa shape index (κ3) is 3.71. The summed E-state index contributed by atoms with van der Waals surface area (Å²) in [4.78, 5) is 16.5. The predicted molar refractivity (Wildman–Crippen MR) is 83.1 cm³/mol. The summed E-state index contributed by atoms with van der Waals surface area (Å²) in [5.41, 5.74) is 7.41. The monoisotopic (exact) mass is 276 g/mol. The Bertz CT molecular complexity index is 441. The minimum atomic E-state index is -0.0212. The van der Waals surface area contributed by atoms with Crippen molar-refractivity contribution in [2.24, 2.45) is 5.73 Å². The van der Waals surface area contributed by atoms with Crippen molar-refractivity contribution in [3.05, 3.63) is 24.3 Å². The fraction of sp³-hybridized carbons (Fsp3) is 0.533. The molecular formula is C15H24N4O. The van der Waals surface area contributed by atoms with Crippen LogP contribution in [0.2, 0.25) is 0 Å². The largest absolute Gasteiger partial charge is 0.367 e. The van der Waals surface area contributed by atoms with Gasteiger partial charge in [0.15, 0.2) is 0 Å². The van der Waals surface area contributed by atoms with E-state index in [9.17, 15) is 4.79 Å². The second-order valence-corrected chi connectivity index (χ2v) is 5.03. The maximum Gasteiger partial charge on any atom is 0.225 e. The lowest BCUT2D eigenvalue weighted by atomic mass is 10.2. The lowest BCUT2D eigenvalue weighted by Crippen LogP contribution is -2.46. The molecule has 5 nitrogen and oxygen atoms in total. The molecule has 1 aliphatic rings. The number of nitrogens with one attached hydrogen (secondary N) is 1. The van der Waals surface area contributed by atoms with E-state index in [4.69, 9.17) is 5.73 Å². The maximum absolute atomic E-state index is 11.7. The highest BCUT2D eigenvalue weighted by molar-refractivity contribution is 5.94. The van der Waals surface area contributed by atoms with E-state index in [1.165, 1.54) is 0 Å². The molecule has 0 saturated carbocycles. The van der Waals surface area contributed by atoms with Crippen molar-refractivity contribution in [3.8, 4) is 0 Å². The van der Waals surface area contributed by atoms with E-state index < -0.39 is 0 Å². The number of likely N-dealkylation sites (N-methyl/N-ethyl adjacent to an activating group) is 1. The molecule has 1 heterocycles. The Morgan fingerprint density at radius 1 is 1.25 bits per heavy atom. The van der Waals surface area contributed by atoms with Crippen molar-refractivity contribution in [1.29, 1.82) is 0 Å². The van der Waals surface area contributed by atoms with Crippen molar-refractivity contribution in [2.75, 3.05) is 49.5 Å². The quantitative estimate of drug-likeness (QED) is 0.846. The molecule has 20 heavy (non-hydrogen) atoms. The Balaban J connectivity index is 2.06. The molecule has 110 valence electrons. The van der Waals surface area contributed by atoms with E-state index in [1.54, 1.807) is 0 Å². The molecule has 5 heteroatoms. The highest BCUT2D eigenvalue weighted by Gasteiger charge is 2.18. The molecular weight excluding hydrogens is 252 g/mol. The maximum atomic E-state index is 11.7. The van der Waals surface area contributed by atoms with Gasteiger partial charge in [0.25, 0.3) is 0 Å². The van der Waals surface area contributed by atoms with Crippen LogP contribution in [0.4, 0.5) is 11.4 Å². The third-order valence-corrected chi connectivity index (χ3v) is 3.71. The molecule has 1 saturated heterocycles. The van der Waals surface area contributed by atoms with Crippen molar-refractivity contribution in [2.45, 2.75) is 13.3 Å². The first-order chi connectivity index (χ1) is 9.74. The summed E-state index contributed by atoms with van der Waals surface area (Å²) >= 11 is 0. The van der Waals surface area contributed by atoms with Gasteiger partial charge in [-0.3, -0.25) is 4.79 Å². The van der Waals surface area contributed by atoms with Gasteiger partial charge in [-0.05, 0) is 18.7 Å². The Morgan fingerprint density at radius 3 is 2.60 bits per heavy atom. The molecule has 0 spiro atoms. The minimum Gasteiger partial charge on any atom is -0.367 e. The molecule has 0 bridgehead atoms. The van der Waals surface area contributed by atoms with Gasteiger partial charge in [0.1, 0.15) is 0 Å². The third-order valence-electron chi connectivity index (χ3n) is 3.71. The molecule has 0 aliphatic carbocycles. The summed E-state index contributed by atoms with van der Waals surface area (Å²) in [5.74, 6) is -0.0212. The van der Waals surface area contributed by atoms with E-state index in [1.807, 2.05) is 18.2 Å². The van der Waals surface area contributed by atoms with Crippen molar-refractivity contribution >= 4 is 17.3 Å². The summed E-state index contributed by atoms with van der Waals surface area (Å²) in [6.07, 6.45) is 0.359. The predicted octanol–water partition coefficient (Wildman–Crippen LogP) is 1.12. The molecule has 0 atom stereocenters. The van der Waals surface area contributed by atoms with Crippen molar-refractivity contribution < 1.29 is 4.79 Å². The molecule has 3 N–H and O–H groups in total. The highest BCUT2D eigenvalue weighted by atomic mass is 16.1. The number of carbonyl (C=O) groups excluding carboxylic acids is 1. The lowest BCUT2D eigenvalue weighted by Gasteiger charge is -2.36. The van der Waals surface area contributed by atoms with Crippen LogP contribution in [0.3, 0.4) is 0 Å². The van der Waals surface area contributed by atoms with Gasteiger partial charge in [-0.1, -0.05) is 19.1 Å². The van der Waals surface area contributed by atoms with E-state index in [0.29, 0.717) is 13.0 Å².